The van der Waals surface area contributed by atoms with Crippen molar-refractivity contribution in [1.29, 1.82) is 0 Å². The van der Waals surface area contributed by atoms with Crippen molar-refractivity contribution in [2.24, 2.45) is 0 Å². The fourth-order valence-corrected chi connectivity index (χ4v) is 2.53. The van der Waals surface area contributed by atoms with Gasteiger partial charge in [0.25, 0.3) is 0 Å². The zero-order valence-electron chi connectivity index (χ0n) is 9.51. The van der Waals surface area contributed by atoms with Gasteiger partial charge in [0.15, 0.2) is 0 Å². The molecule has 0 aliphatic carbocycles. The zero-order chi connectivity index (χ0) is 10.8. The second-order valence-electron chi connectivity index (χ2n) is 3.53. The van der Waals surface area contributed by atoms with Crippen LogP contribution in [0.3, 0.4) is 0 Å². The van der Waals surface area contributed by atoms with Crippen LogP contribution in [0.25, 0.3) is 0 Å². The van der Waals surface area contributed by atoms with E-state index in [1.54, 1.807) is 7.11 Å². The maximum absolute atomic E-state index is 5.29. The molecule has 0 bridgehead atoms. The number of rotatable bonds is 2. The third-order valence-electron chi connectivity index (χ3n) is 2.29. The molecule has 0 unspecified atom stereocenters. The molecule has 3 N–H and O–H groups in total. The van der Waals surface area contributed by atoms with Gasteiger partial charge in [-0.05, 0) is 0 Å². The van der Waals surface area contributed by atoms with Crippen LogP contribution in [0.1, 0.15) is 0 Å². The second-order valence-corrected chi connectivity index (χ2v) is 5.44. The van der Waals surface area contributed by atoms with Crippen LogP contribution in [-0.2, 0) is 23.1 Å². The SMILES string of the molecule is C[O][Ti][N]1CCNCCNCCNCC1. The Morgan fingerprint density at radius 2 is 1.33 bits per heavy atom. The molecule has 0 radical (unpaired) electrons. The van der Waals surface area contributed by atoms with Crippen molar-refractivity contribution in [2.75, 3.05) is 59.5 Å². The topological polar surface area (TPSA) is 48.6 Å². The summed E-state index contributed by atoms with van der Waals surface area (Å²) in [5.41, 5.74) is 0. The van der Waals surface area contributed by atoms with E-state index in [2.05, 4.69) is 19.3 Å². The number of nitrogens with one attached hydrogen (secondary N) is 3. The van der Waals surface area contributed by atoms with Gasteiger partial charge in [-0.1, -0.05) is 0 Å². The van der Waals surface area contributed by atoms with Gasteiger partial charge in [-0.15, -0.1) is 0 Å². The molecule has 0 aromatic rings. The summed E-state index contributed by atoms with van der Waals surface area (Å²) in [4.78, 5) is 0. The minimum absolute atomic E-state index is 0.351. The van der Waals surface area contributed by atoms with E-state index in [0.717, 1.165) is 52.4 Å². The summed E-state index contributed by atoms with van der Waals surface area (Å²) in [5, 5.41) is 10.2. The fourth-order valence-electron chi connectivity index (χ4n) is 1.49. The van der Waals surface area contributed by atoms with E-state index in [-0.39, 0.29) is 19.8 Å². The van der Waals surface area contributed by atoms with Crippen LogP contribution in [0.15, 0.2) is 0 Å². The van der Waals surface area contributed by atoms with Crippen LogP contribution in [-0.4, -0.2) is 62.8 Å². The zero-order valence-corrected chi connectivity index (χ0v) is 11.1. The van der Waals surface area contributed by atoms with Crippen LogP contribution in [0, 0.1) is 0 Å². The maximum atomic E-state index is 5.29. The van der Waals surface area contributed by atoms with Gasteiger partial charge in [-0.2, -0.15) is 0 Å². The van der Waals surface area contributed by atoms with Crippen molar-refractivity contribution in [1.82, 2.24) is 19.3 Å². The summed E-state index contributed by atoms with van der Waals surface area (Å²) in [5.74, 6) is 0. The van der Waals surface area contributed by atoms with Gasteiger partial charge in [0, 0.05) is 0 Å². The number of nitrogens with zero attached hydrogens (tertiary/aromatic N) is 1. The van der Waals surface area contributed by atoms with Crippen molar-refractivity contribution in [2.45, 2.75) is 0 Å². The molecule has 0 amide bonds. The first-order valence-corrected chi connectivity index (χ1v) is 6.93. The van der Waals surface area contributed by atoms with E-state index in [9.17, 15) is 0 Å². The Kier molecular flexibility index (Phi) is 8.80. The van der Waals surface area contributed by atoms with E-state index in [4.69, 9.17) is 3.32 Å². The molecule has 1 aliphatic rings. The van der Waals surface area contributed by atoms with Gasteiger partial charge in [-0.3, -0.25) is 0 Å². The minimum atomic E-state index is -0.351. The monoisotopic (exact) mass is 250 g/mol. The second kappa shape index (κ2) is 9.72. The third-order valence-corrected chi connectivity index (χ3v) is 3.68. The van der Waals surface area contributed by atoms with E-state index in [1.807, 2.05) is 0 Å². The molecule has 88 valence electrons. The summed E-state index contributed by atoms with van der Waals surface area (Å²) >= 11 is -0.351. The molecule has 1 rings (SSSR count). The molecule has 0 aromatic carbocycles. The molecule has 1 fully saturated rings. The van der Waals surface area contributed by atoms with Crippen LogP contribution in [0.2, 0.25) is 0 Å². The number of hydrogen-bond acceptors (Lipinski definition) is 5. The Labute approximate surface area is 102 Å². The summed E-state index contributed by atoms with van der Waals surface area (Å²) in [7, 11) is 1.81. The molecule has 0 saturated carbocycles. The van der Waals surface area contributed by atoms with Crippen molar-refractivity contribution < 1.29 is 23.1 Å². The molecule has 6 heteroatoms. The Morgan fingerprint density at radius 1 is 0.867 bits per heavy atom. The summed E-state index contributed by atoms with van der Waals surface area (Å²) in [6, 6.07) is 0. The average Bonchev–Trinajstić information content (AvgIpc) is 2.22. The van der Waals surface area contributed by atoms with Gasteiger partial charge in [-0.25, -0.2) is 0 Å². The Hall–Kier alpha value is 0.514. The number of hydrogen-bond donors (Lipinski definition) is 3. The quantitative estimate of drug-likeness (QED) is 0.528. The first-order chi connectivity index (χ1) is 7.43. The van der Waals surface area contributed by atoms with Crippen LogP contribution < -0.4 is 16.0 Å². The van der Waals surface area contributed by atoms with Crippen molar-refractivity contribution in [3.8, 4) is 0 Å². The van der Waals surface area contributed by atoms with Crippen LogP contribution >= 0.6 is 0 Å². The molecule has 5 nitrogen and oxygen atoms in total. The molecule has 0 atom stereocenters. The van der Waals surface area contributed by atoms with Gasteiger partial charge in [0.2, 0.25) is 0 Å². The Bertz CT molecular complexity index is 138. The van der Waals surface area contributed by atoms with Crippen molar-refractivity contribution in [3.63, 3.8) is 0 Å². The van der Waals surface area contributed by atoms with Gasteiger partial charge in [0.05, 0.1) is 0 Å². The molecule has 1 heterocycles. The molecule has 1 saturated heterocycles. The third kappa shape index (κ3) is 7.41. The predicted octanol–water partition coefficient (Wildman–Crippen LogP) is -1.37. The van der Waals surface area contributed by atoms with E-state index in [1.165, 1.54) is 0 Å². The summed E-state index contributed by atoms with van der Waals surface area (Å²) in [6.45, 7) is 8.57. The Balaban J connectivity index is 2.19. The molecular formula is C9H22N4OTi. The van der Waals surface area contributed by atoms with Crippen molar-refractivity contribution >= 4 is 0 Å². The van der Waals surface area contributed by atoms with Gasteiger partial charge in [0.1, 0.15) is 0 Å². The van der Waals surface area contributed by atoms with Crippen LogP contribution in [0.4, 0.5) is 0 Å². The molecule has 0 spiro atoms. The van der Waals surface area contributed by atoms with Gasteiger partial charge < -0.3 is 0 Å². The van der Waals surface area contributed by atoms with E-state index >= 15 is 0 Å². The van der Waals surface area contributed by atoms with Gasteiger partial charge >= 0.3 is 102 Å². The standard InChI is InChI=1S/C8H19N4.CH3O.Ti/c1-2-10-5-6-12-8-7-11-4-3-9-1;1-2;/h9-11H,1-8H2;1H3;/q2*-1;+2. The summed E-state index contributed by atoms with van der Waals surface area (Å²) in [6.07, 6.45) is 0. The summed E-state index contributed by atoms with van der Waals surface area (Å²) < 4.78 is 7.73. The van der Waals surface area contributed by atoms with Crippen molar-refractivity contribution in [3.05, 3.63) is 0 Å². The molecule has 15 heavy (non-hydrogen) atoms. The average molecular weight is 250 g/mol. The van der Waals surface area contributed by atoms with E-state index < -0.39 is 0 Å². The fraction of sp³-hybridized carbons (Fsp3) is 1.00. The van der Waals surface area contributed by atoms with E-state index in [0.29, 0.717) is 0 Å². The predicted molar refractivity (Wildman–Crippen MR) is 57.2 cm³/mol. The normalized spacial score (nSPS) is 22.7. The molecule has 1 aliphatic heterocycles. The van der Waals surface area contributed by atoms with Crippen LogP contribution in [0.5, 0.6) is 0 Å². The Morgan fingerprint density at radius 3 is 1.80 bits per heavy atom. The molecule has 0 aromatic heterocycles. The first kappa shape index (κ1) is 13.6. The molecular weight excluding hydrogens is 228 g/mol. The first-order valence-electron chi connectivity index (χ1n) is 5.59.